The van der Waals surface area contributed by atoms with Gasteiger partial charge in [0.2, 0.25) is 5.91 Å². The number of benzene rings is 3. The maximum absolute atomic E-state index is 12.6. The summed E-state index contributed by atoms with van der Waals surface area (Å²) in [5.74, 6) is 0.774. The van der Waals surface area contributed by atoms with Crippen LogP contribution in [0, 0.1) is 0 Å². The first kappa shape index (κ1) is 22.9. The number of rotatable bonds is 8. The Morgan fingerprint density at radius 3 is 2.69 bits per heavy atom. The lowest BCUT2D eigenvalue weighted by Crippen LogP contribution is -2.11. The molecule has 0 saturated carbocycles. The van der Waals surface area contributed by atoms with Gasteiger partial charge in [-0.2, -0.15) is 0 Å². The molecule has 0 fully saturated rings. The van der Waals surface area contributed by atoms with E-state index in [1.807, 2.05) is 73.7 Å². The molecular weight excluding hydrogens is 458 g/mol. The number of amides is 1. The summed E-state index contributed by atoms with van der Waals surface area (Å²) >= 11 is 6.33. The molecular formula is C29H26ClN3O2. The number of para-hydroxylation sites is 1. The minimum atomic E-state index is -0.0163. The van der Waals surface area contributed by atoms with Crippen molar-refractivity contribution in [2.24, 2.45) is 0 Å². The standard InChI is InChI=1S/C29H26ClN3O2/c1-2-35-22-14-12-21(13-15-22)31-28(34)9-5-7-23-24-18-20(30)11-17-26(24)33-29(23)27-16-10-19-6-3-4-8-25(19)32-27/h3-4,6,8,10-18,33H,2,5,7,9H2,1H3,(H,31,34). The van der Waals surface area contributed by atoms with E-state index in [2.05, 4.69) is 22.4 Å². The van der Waals surface area contributed by atoms with E-state index in [0.717, 1.165) is 56.6 Å². The molecule has 2 aromatic heterocycles. The molecule has 2 heterocycles. The van der Waals surface area contributed by atoms with Crippen LogP contribution in [0.15, 0.2) is 78.9 Å². The molecule has 0 spiro atoms. The van der Waals surface area contributed by atoms with Crippen LogP contribution in [-0.2, 0) is 11.2 Å². The van der Waals surface area contributed by atoms with E-state index in [4.69, 9.17) is 21.3 Å². The molecule has 1 amide bonds. The Labute approximate surface area is 209 Å². The van der Waals surface area contributed by atoms with Crippen LogP contribution in [0.5, 0.6) is 5.75 Å². The predicted molar refractivity (Wildman–Crippen MR) is 143 cm³/mol. The summed E-state index contributed by atoms with van der Waals surface area (Å²) in [4.78, 5) is 21.0. The van der Waals surface area contributed by atoms with Crippen LogP contribution in [0.2, 0.25) is 5.02 Å². The first-order valence-corrected chi connectivity index (χ1v) is 12.2. The fraction of sp³-hybridized carbons (Fsp3) is 0.172. The lowest BCUT2D eigenvalue weighted by molar-refractivity contribution is -0.116. The molecule has 0 bridgehead atoms. The molecule has 0 aliphatic carbocycles. The zero-order valence-corrected chi connectivity index (χ0v) is 20.2. The molecule has 0 unspecified atom stereocenters. The molecule has 0 radical (unpaired) electrons. The van der Waals surface area contributed by atoms with Crippen LogP contribution in [0.25, 0.3) is 33.2 Å². The number of halogens is 1. The molecule has 35 heavy (non-hydrogen) atoms. The molecule has 0 aliphatic rings. The number of fused-ring (bicyclic) bond motifs is 2. The van der Waals surface area contributed by atoms with Gasteiger partial charge in [0.15, 0.2) is 0 Å². The molecule has 0 aliphatic heterocycles. The third-order valence-corrected chi connectivity index (χ3v) is 6.24. The summed E-state index contributed by atoms with van der Waals surface area (Å²) < 4.78 is 5.46. The molecule has 3 aromatic carbocycles. The Hall–Kier alpha value is -3.83. The molecule has 0 saturated heterocycles. The van der Waals surface area contributed by atoms with Crippen LogP contribution in [0.1, 0.15) is 25.3 Å². The average Bonchev–Trinajstić information content (AvgIpc) is 3.23. The third kappa shape index (κ3) is 5.15. The van der Waals surface area contributed by atoms with E-state index in [-0.39, 0.29) is 5.91 Å². The van der Waals surface area contributed by atoms with Gasteiger partial charge in [-0.3, -0.25) is 4.79 Å². The molecule has 5 aromatic rings. The van der Waals surface area contributed by atoms with E-state index >= 15 is 0 Å². The van der Waals surface area contributed by atoms with Crippen molar-refractivity contribution >= 4 is 45.0 Å². The van der Waals surface area contributed by atoms with Gasteiger partial charge >= 0.3 is 0 Å². The zero-order chi connectivity index (χ0) is 24.2. The summed E-state index contributed by atoms with van der Waals surface area (Å²) in [6, 6.07) is 25.5. The number of nitrogens with zero attached hydrogens (tertiary/aromatic N) is 1. The van der Waals surface area contributed by atoms with Gasteiger partial charge in [-0.25, -0.2) is 4.98 Å². The minimum Gasteiger partial charge on any atom is -0.494 e. The topological polar surface area (TPSA) is 67.0 Å². The molecule has 5 rings (SSSR count). The van der Waals surface area contributed by atoms with E-state index < -0.39 is 0 Å². The Bertz CT molecular complexity index is 1490. The number of aromatic amines is 1. The number of aryl methyl sites for hydroxylation is 1. The SMILES string of the molecule is CCOc1ccc(NC(=O)CCCc2c(-c3ccc4ccccc4n3)[nH]c3ccc(Cl)cc23)cc1. The van der Waals surface area contributed by atoms with Crippen molar-refractivity contribution in [2.75, 3.05) is 11.9 Å². The summed E-state index contributed by atoms with van der Waals surface area (Å²) in [5.41, 5.74) is 5.69. The molecule has 5 nitrogen and oxygen atoms in total. The summed E-state index contributed by atoms with van der Waals surface area (Å²) in [5, 5.41) is 5.82. The van der Waals surface area contributed by atoms with Gasteiger partial charge in [0, 0.05) is 33.4 Å². The number of anilines is 1. The van der Waals surface area contributed by atoms with Gasteiger partial charge in [0.25, 0.3) is 0 Å². The highest BCUT2D eigenvalue weighted by molar-refractivity contribution is 6.31. The highest BCUT2D eigenvalue weighted by Gasteiger charge is 2.16. The van der Waals surface area contributed by atoms with Crippen LogP contribution in [0.4, 0.5) is 5.69 Å². The van der Waals surface area contributed by atoms with E-state index in [9.17, 15) is 4.79 Å². The van der Waals surface area contributed by atoms with Gasteiger partial charge in [0.05, 0.1) is 23.5 Å². The molecule has 176 valence electrons. The first-order chi connectivity index (χ1) is 17.1. The number of carbonyl (C=O) groups excluding carboxylic acids is 1. The highest BCUT2D eigenvalue weighted by Crippen LogP contribution is 2.33. The van der Waals surface area contributed by atoms with Crippen LogP contribution in [0.3, 0.4) is 0 Å². The minimum absolute atomic E-state index is 0.0163. The van der Waals surface area contributed by atoms with Crippen molar-refractivity contribution in [1.82, 2.24) is 9.97 Å². The normalized spacial score (nSPS) is 11.1. The maximum Gasteiger partial charge on any atom is 0.224 e. The second-order valence-corrected chi connectivity index (χ2v) is 8.85. The van der Waals surface area contributed by atoms with Crippen LogP contribution in [-0.4, -0.2) is 22.5 Å². The predicted octanol–water partition coefficient (Wildman–Crippen LogP) is 7.40. The van der Waals surface area contributed by atoms with Crippen molar-refractivity contribution in [2.45, 2.75) is 26.2 Å². The van der Waals surface area contributed by atoms with Crippen molar-refractivity contribution in [3.63, 3.8) is 0 Å². The van der Waals surface area contributed by atoms with Crippen LogP contribution < -0.4 is 10.1 Å². The number of aromatic nitrogens is 2. The van der Waals surface area contributed by atoms with Crippen molar-refractivity contribution in [3.8, 4) is 17.1 Å². The quantitative estimate of drug-likeness (QED) is 0.241. The Kier molecular flexibility index (Phi) is 6.68. The Morgan fingerprint density at radius 2 is 1.86 bits per heavy atom. The lowest BCUT2D eigenvalue weighted by Gasteiger charge is -2.08. The highest BCUT2D eigenvalue weighted by atomic mass is 35.5. The van der Waals surface area contributed by atoms with Gasteiger partial charge in [-0.1, -0.05) is 35.9 Å². The number of hydrogen-bond donors (Lipinski definition) is 2. The lowest BCUT2D eigenvalue weighted by atomic mass is 10.0. The average molecular weight is 484 g/mol. The molecule has 6 heteroatoms. The zero-order valence-electron chi connectivity index (χ0n) is 19.5. The Balaban J connectivity index is 1.35. The number of carbonyl (C=O) groups is 1. The smallest absolute Gasteiger partial charge is 0.224 e. The van der Waals surface area contributed by atoms with Crippen molar-refractivity contribution in [1.29, 1.82) is 0 Å². The number of pyridine rings is 1. The summed E-state index contributed by atoms with van der Waals surface area (Å²) in [6.07, 6.45) is 1.83. The number of H-pyrrole nitrogens is 1. The van der Waals surface area contributed by atoms with E-state index in [0.29, 0.717) is 24.5 Å². The van der Waals surface area contributed by atoms with Gasteiger partial charge in [-0.15, -0.1) is 0 Å². The molecule has 2 N–H and O–H groups in total. The summed E-state index contributed by atoms with van der Waals surface area (Å²) in [7, 11) is 0. The number of ether oxygens (including phenoxy) is 1. The largest absolute Gasteiger partial charge is 0.494 e. The van der Waals surface area contributed by atoms with Crippen LogP contribution >= 0.6 is 11.6 Å². The van der Waals surface area contributed by atoms with Crippen molar-refractivity contribution in [3.05, 3.63) is 89.4 Å². The molecule has 0 atom stereocenters. The fourth-order valence-corrected chi connectivity index (χ4v) is 4.53. The summed E-state index contributed by atoms with van der Waals surface area (Å²) in [6.45, 7) is 2.56. The van der Waals surface area contributed by atoms with Crippen molar-refractivity contribution < 1.29 is 9.53 Å². The van der Waals surface area contributed by atoms with Gasteiger partial charge in [-0.05, 0) is 79.9 Å². The second-order valence-electron chi connectivity index (χ2n) is 8.42. The van der Waals surface area contributed by atoms with Gasteiger partial charge < -0.3 is 15.0 Å². The number of nitrogens with one attached hydrogen (secondary N) is 2. The Morgan fingerprint density at radius 1 is 1.03 bits per heavy atom. The van der Waals surface area contributed by atoms with E-state index in [1.165, 1.54) is 0 Å². The number of hydrogen-bond acceptors (Lipinski definition) is 3. The fourth-order valence-electron chi connectivity index (χ4n) is 4.35. The van der Waals surface area contributed by atoms with E-state index in [1.54, 1.807) is 0 Å². The third-order valence-electron chi connectivity index (χ3n) is 6.00. The first-order valence-electron chi connectivity index (χ1n) is 11.8. The monoisotopic (exact) mass is 483 g/mol. The maximum atomic E-state index is 12.6. The van der Waals surface area contributed by atoms with Gasteiger partial charge in [0.1, 0.15) is 5.75 Å². The second kappa shape index (κ2) is 10.2.